The van der Waals surface area contributed by atoms with Gasteiger partial charge in [-0.1, -0.05) is 13.8 Å². The number of H-pyrrole nitrogens is 1. The standard InChI is InChI=1S/C23H24F2N4O3/c1-12-7-14(5-6-15(12)24)29-17-8-13-10-26-28-22(13)27-20(17)19(16(25)9-18(30)31)21(29)23(2,3)11-32-4/h5-8,10,16H,9,11H2,1-4H3,(H,30,31)(H,26,27,28)/t16-/m1/s1. The summed E-state index contributed by atoms with van der Waals surface area (Å²) in [5.74, 6) is -1.61. The van der Waals surface area contributed by atoms with E-state index in [4.69, 9.17) is 4.74 Å². The van der Waals surface area contributed by atoms with Crippen molar-refractivity contribution < 1.29 is 23.4 Å². The highest BCUT2D eigenvalue weighted by molar-refractivity contribution is 5.94. The number of ether oxygens (including phenoxy) is 1. The van der Waals surface area contributed by atoms with E-state index < -0.39 is 24.0 Å². The number of rotatable bonds is 7. The number of nitrogens with one attached hydrogen (secondary N) is 1. The van der Waals surface area contributed by atoms with E-state index in [9.17, 15) is 14.3 Å². The Balaban J connectivity index is 2.17. The van der Waals surface area contributed by atoms with Crippen LogP contribution in [0.2, 0.25) is 0 Å². The third kappa shape index (κ3) is 3.62. The zero-order valence-corrected chi connectivity index (χ0v) is 18.2. The van der Waals surface area contributed by atoms with Gasteiger partial charge in [-0.15, -0.1) is 0 Å². The van der Waals surface area contributed by atoms with E-state index >= 15 is 4.39 Å². The van der Waals surface area contributed by atoms with Gasteiger partial charge in [0, 0.05) is 34.9 Å². The van der Waals surface area contributed by atoms with E-state index in [1.54, 1.807) is 32.4 Å². The number of methoxy groups -OCH3 is 1. The fourth-order valence-electron chi connectivity index (χ4n) is 4.27. The molecule has 0 spiro atoms. The van der Waals surface area contributed by atoms with Crippen molar-refractivity contribution in [3.63, 3.8) is 0 Å². The molecule has 4 aromatic rings. The molecule has 168 valence electrons. The van der Waals surface area contributed by atoms with Crippen molar-refractivity contribution in [1.29, 1.82) is 0 Å². The third-order valence-electron chi connectivity index (χ3n) is 5.59. The molecule has 0 saturated heterocycles. The molecule has 0 amide bonds. The molecule has 1 aromatic carbocycles. The van der Waals surface area contributed by atoms with Gasteiger partial charge in [-0.2, -0.15) is 5.10 Å². The van der Waals surface area contributed by atoms with Crippen LogP contribution in [0, 0.1) is 12.7 Å². The van der Waals surface area contributed by atoms with Crippen LogP contribution in [0.4, 0.5) is 8.78 Å². The zero-order chi connectivity index (χ0) is 23.2. The van der Waals surface area contributed by atoms with Gasteiger partial charge in [-0.05, 0) is 36.8 Å². The van der Waals surface area contributed by atoms with Crippen molar-refractivity contribution in [2.75, 3.05) is 13.7 Å². The van der Waals surface area contributed by atoms with Crippen LogP contribution in [0.25, 0.3) is 27.8 Å². The first-order valence-corrected chi connectivity index (χ1v) is 10.1. The summed E-state index contributed by atoms with van der Waals surface area (Å²) in [6.45, 7) is 5.68. The first-order chi connectivity index (χ1) is 15.1. The minimum atomic E-state index is -1.81. The van der Waals surface area contributed by atoms with E-state index in [0.29, 0.717) is 39.0 Å². The lowest BCUT2D eigenvalue weighted by molar-refractivity contribution is -0.138. The normalized spacial score (nSPS) is 13.2. The van der Waals surface area contributed by atoms with Crippen LogP contribution in [0.3, 0.4) is 0 Å². The van der Waals surface area contributed by atoms with Gasteiger partial charge in [-0.25, -0.2) is 13.8 Å². The lowest BCUT2D eigenvalue weighted by Crippen LogP contribution is -2.28. The molecule has 1 atom stereocenters. The van der Waals surface area contributed by atoms with E-state index in [1.165, 1.54) is 6.07 Å². The lowest BCUT2D eigenvalue weighted by Gasteiger charge is -2.28. The van der Waals surface area contributed by atoms with Gasteiger partial charge in [-0.3, -0.25) is 9.89 Å². The van der Waals surface area contributed by atoms with Crippen LogP contribution in [-0.2, 0) is 14.9 Å². The van der Waals surface area contributed by atoms with Crippen molar-refractivity contribution in [2.24, 2.45) is 0 Å². The number of hydrogen-bond donors (Lipinski definition) is 2. The van der Waals surface area contributed by atoms with Crippen LogP contribution in [0.15, 0.2) is 30.5 Å². The second kappa shape index (κ2) is 7.98. The molecule has 7 nitrogen and oxygen atoms in total. The van der Waals surface area contributed by atoms with E-state index in [-0.39, 0.29) is 18.0 Å². The second-order valence-electron chi connectivity index (χ2n) is 8.58. The molecular formula is C23H24F2N4O3. The number of aryl methyl sites for hydroxylation is 1. The predicted molar refractivity (Wildman–Crippen MR) is 116 cm³/mol. The second-order valence-corrected chi connectivity index (χ2v) is 8.58. The first-order valence-electron chi connectivity index (χ1n) is 10.1. The van der Waals surface area contributed by atoms with Crippen LogP contribution in [0.1, 0.15) is 43.3 Å². The number of aromatic amines is 1. The molecule has 0 bridgehead atoms. The van der Waals surface area contributed by atoms with Crippen molar-refractivity contribution in [3.05, 3.63) is 53.1 Å². The number of alkyl halides is 1. The van der Waals surface area contributed by atoms with Crippen LogP contribution in [-0.4, -0.2) is 44.5 Å². The molecule has 9 heteroatoms. The summed E-state index contributed by atoms with van der Waals surface area (Å²) in [6, 6.07) is 6.47. The number of benzene rings is 1. The van der Waals surface area contributed by atoms with E-state index in [1.807, 2.05) is 24.5 Å². The summed E-state index contributed by atoms with van der Waals surface area (Å²) >= 11 is 0. The van der Waals surface area contributed by atoms with E-state index in [0.717, 1.165) is 0 Å². The van der Waals surface area contributed by atoms with Crippen LogP contribution < -0.4 is 0 Å². The third-order valence-corrected chi connectivity index (χ3v) is 5.59. The van der Waals surface area contributed by atoms with Gasteiger partial charge in [0.2, 0.25) is 0 Å². The molecule has 4 rings (SSSR count). The number of halogens is 2. The minimum Gasteiger partial charge on any atom is -0.481 e. The van der Waals surface area contributed by atoms with Crippen molar-refractivity contribution >= 4 is 28.0 Å². The van der Waals surface area contributed by atoms with Crippen LogP contribution in [0.5, 0.6) is 0 Å². The molecule has 0 saturated carbocycles. The maximum absolute atomic E-state index is 15.6. The Kier molecular flexibility index (Phi) is 5.46. The number of carbonyl (C=O) groups is 1. The van der Waals surface area contributed by atoms with E-state index in [2.05, 4.69) is 15.2 Å². The number of aliphatic carboxylic acids is 1. The minimum absolute atomic E-state index is 0.183. The average molecular weight is 442 g/mol. The molecular weight excluding hydrogens is 418 g/mol. The quantitative estimate of drug-likeness (QED) is 0.431. The molecule has 0 aliphatic heterocycles. The van der Waals surface area contributed by atoms with Gasteiger partial charge in [0.1, 0.15) is 12.0 Å². The molecule has 2 N–H and O–H groups in total. The van der Waals surface area contributed by atoms with Gasteiger partial charge in [0.25, 0.3) is 0 Å². The summed E-state index contributed by atoms with van der Waals surface area (Å²) in [6.07, 6.45) is -0.907. The summed E-state index contributed by atoms with van der Waals surface area (Å²) < 4.78 is 36.9. The first kappa shape index (κ1) is 21.9. The number of nitrogens with zero attached hydrogens (tertiary/aromatic N) is 3. The summed E-state index contributed by atoms with van der Waals surface area (Å²) in [4.78, 5) is 16.0. The maximum atomic E-state index is 15.6. The maximum Gasteiger partial charge on any atom is 0.306 e. The molecule has 0 fully saturated rings. The summed E-state index contributed by atoms with van der Waals surface area (Å²) in [5.41, 5.74) is 2.41. The Morgan fingerprint density at radius 1 is 1.34 bits per heavy atom. The van der Waals surface area contributed by atoms with Crippen molar-refractivity contribution in [3.8, 4) is 5.69 Å². The molecule has 3 aromatic heterocycles. The van der Waals surface area contributed by atoms with Gasteiger partial charge in [0.15, 0.2) is 5.65 Å². The molecule has 32 heavy (non-hydrogen) atoms. The number of carboxylic acid groups (broad SMARTS) is 1. The SMILES string of the molecule is COCC(C)(C)c1c([C@H](F)CC(=O)O)c2nc3[nH]ncc3cc2n1-c1ccc(F)c(C)c1. The topological polar surface area (TPSA) is 93.0 Å². The molecule has 0 aliphatic carbocycles. The van der Waals surface area contributed by atoms with Gasteiger partial charge >= 0.3 is 5.97 Å². The molecule has 3 heterocycles. The Morgan fingerprint density at radius 2 is 2.09 bits per heavy atom. The van der Waals surface area contributed by atoms with Crippen molar-refractivity contribution in [2.45, 2.75) is 38.8 Å². The Morgan fingerprint density at radius 3 is 2.75 bits per heavy atom. The number of carboxylic acids is 1. The highest BCUT2D eigenvalue weighted by Gasteiger charge is 2.36. The molecule has 0 aliphatic rings. The van der Waals surface area contributed by atoms with Crippen LogP contribution >= 0.6 is 0 Å². The smallest absolute Gasteiger partial charge is 0.306 e. The monoisotopic (exact) mass is 442 g/mol. The number of fused-ring (bicyclic) bond motifs is 2. The number of aromatic nitrogens is 4. The molecule has 0 radical (unpaired) electrons. The summed E-state index contributed by atoms with van der Waals surface area (Å²) in [7, 11) is 1.55. The highest BCUT2D eigenvalue weighted by atomic mass is 19.1. The Hall–Kier alpha value is -3.33. The Bertz CT molecular complexity index is 1330. The lowest BCUT2D eigenvalue weighted by atomic mass is 9.85. The van der Waals surface area contributed by atoms with Gasteiger partial charge in [0.05, 0.1) is 30.3 Å². The Labute approximate surface area is 183 Å². The number of hydrogen-bond acceptors (Lipinski definition) is 4. The molecule has 0 unspecified atom stereocenters. The highest BCUT2D eigenvalue weighted by Crippen LogP contribution is 2.42. The fourth-order valence-corrected chi connectivity index (χ4v) is 4.27. The average Bonchev–Trinajstić information content (AvgIpc) is 3.29. The largest absolute Gasteiger partial charge is 0.481 e. The van der Waals surface area contributed by atoms with Crippen molar-refractivity contribution in [1.82, 2.24) is 19.7 Å². The predicted octanol–water partition coefficient (Wildman–Crippen LogP) is 4.76. The summed E-state index contributed by atoms with van der Waals surface area (Å²) in [5, 5.41) is 16.8. The fraction of sp³-hybridized carbons (Fsp3) is 0.348. The van der Waals surface area contributed by atoms with Gasteiger partial charge < -0.3 is 14.4 Å². The number of pyridine rings is 1. The zero-order valence-electron chi connectivity index (χ0n) is 18.2.